The summed E-state index contributed by atoms with van der Waals surface area (Å²) in [6, 6.07) is 7.32. The first-order valence-corrected chi connectivity index (χ1v) is 7.02. The standard InChI is InChI=1S/C16H21O3/c1-3-13-8-4-5-10-15(13)18-19-16(17)14-9-6-7-12(2)11-14/h6-7,9,11,13H,3-5,8,10H2,1-2H3. The third kappa shape index (κ3) is 3.80. The molecule has 1 aliphatic carbocycles. The highest BCUT2D eigenvalue weighted by Gasteiger charge is 2.28. The molecule has 1 atom stereocenters. The van der Waals surface area contributed by atoms with Crippen LogP contribution in [0.3, 0.4) is 0 Å². The van der Waals surface area contributed by atoms with Gasteiger partial charge in [0.1, 0.15) is 0 Å². The Labute approximate surface area is 114 Å². The first kappa shape index (κ1) is 14.1. The minimum atomic E-state index is -0.420. The summed E-state index contributed by atoms with van der Waals surface area (Å²) < 4.78 is 0. The van der Waals surface area contributed by atoms with Gasteiger partial charge in [-0.05, 0) is 37.8 Å². The van der Waals surface area contributed by atoms with E-state index in [9.17, 15) is 4.79 Å². The van der Waals surface area contributed by atoms with Crippen molar-refractivity contribution >= 4 is 5.97 Å². The molecule has 3 nitrogen and oxygen atoms in total. The van der Waals surface area contributed by atoms with Crippen molar-refractivity contribution < 1.29 is 14.6 Å². The molecule has 0 aliphatic heterocycles. The third-order valence-corrected chi connectivity index (χ3v) is 3.65. The molecule has 0 amide bonds. The Hall–Kier alpha value is -1.35. The molecule has 1 aliphatic rings. The molecule has 0 saturated heterocycles. The second-order valence-electron chi connectivity index (χ2n) is 5.14. The highest BCUT2D eigenvalue weighted by atomic mass is 17.2. The van der Waals surface area contributed by atoms with Gasteiger partial charge in [0.2, 0.25) is 0 Å². The quantitative estimate of drug-likeness (QED) is 0.601. The number of hydrogen-bond acceptors (Lipinski definition) is 3. The van der Waals surface area contributed by atoms with Crippen LogP contribution in [0.4, 0.5) is 0 Å². The highest BCUT2D eigenvalue weighted by molar-refractivity contribution is 5.89. The van der Waals surface area contributed by atoms with Crippen molar-refractivity contribution in [2.75, 3.05) is 0 Å². The minimum absolute atomic E-state index is 0.420. The van der Waals surface area contributed by atoms with Gasteiger partial charge in [0, 0.05) is 0 Å². The Morgan fingerprint density at radius 2 is 2.21 bits per heavy atom. The van der Waals surface area contributed by atoms with Crippen molar-refractivity contribution in [3.05, 3.63) is 41.5 Å². The highest BCUT2D eigenvalue weighted by Crippen LogP contribution is 2.34. The summed E-state index contributed by atoms with van der Waals surface area (Å²) in [6.45, 7) is 4.09. The van der Waals surface area contributed by atoms with Gasteiger partial charge in [-0.1, -0.05) is 43.9 Å². The normalized spacial score (nSPS) is 20.2. The summed E-state index contributed by atoms with van der Waals surface area (Å²) in [6.07, 6.45) is 6.35. The van der Waals surface area contributed by atoms with Crippen molar-refractivity contribution in [1.82, 2.24) is 0 Å². The van der Waals surface area contributed by atoms with E-state index >= 15 is 0 Å². The molecule has 19 heavy (non-hydrogen) atoms. The fraction of sp³-hybridized carbons (Fsp3) is 0.500. The van der Waals surface area contributed by atoms with E-state index in [1.165, 1.54) is 6.42 Å². The predicted molar refractivity (Wildman–Crippen MR) is 73.2 cm³/mol. The third-order valence-electron chi connectivity index (χ3n) is 3.65. The number of aryl methyl sites for hydroxylation is 1. The van der Waals surface area contributed by atoms with Crippen molar-refractivity contribution in [3.8, 4) is 0 Å². The van der Waals surface area contributed by atoms with E-state index in [4.69, 9.17) is 9.78 Å². The lowest BCUT2D eigenvalue weighted by Crippen LogP contribution is -2.21. The maximum absolute atomic E-state index is 11.9. The average Bonchev–Trinajstić information content (AvgIpc) is 2.45. The van der Waals surface area contributed by atoms with Crippen LogP contribution in [0.15, 0.2) is 24.3 Å². The molecule has 1 aromatic carbocycles. The number of carbonyl (C=O) groups is 1. The van der Waals surface area contributed by atoms with Gasteiger partial charge in [-0.25, -0.2) is 4.79 Å². The average molecular weight is 261 g/mol. The van der Waals surface area contributed by atoms with Crippen LogP contribution in [0.5, 0.6) is 0 Å². The first-order valence-electron chi connectivity index (χ1n) is 7.02. The van der Waals surface area contributed by atoms with E-state index in [0.29, 0.717) is 11.5 Å². The molecule has 1 aromatic rings. The molecule has 3 heteroatoms. The largest absolute Gasteiger partial charge is 0.373 e. The zero-order chi connectivity index (χ0) is 13.7. The Kier molecular flexibility index (Phi) is 4.97. The Morgan fingerprint density at radius 1 is 1.37 bits per heavy atom. The van der Waals surface area contributed by atoms with Crippen LogP contribution in [-0.2, 0) is 9.78 Å². The Bertz CT molecular complexity index is 428. The number of rotatable bonds is 4. The summed E-state index contributed by atoms with van der Waals surface area (Å²) in [5, 5.41) is 0. The van der Waals surface area contributed by atoms with Gasteiger partial charge in [-0.2, -0.15) is 4.89 Å². The number of carbonyl (C=O) groups excluding carboxylic acids is 1. The molecular formula is C16H21O3. The predicted octanol–water partition coefficient (Wildman–Crippen LogP) is 4.22. The number of hydrogen-bond donors (Lipinski definition) is 0. The van der Waals surface area contributed by atoms with Crippen LogP contribution in [0.1, 0.15) is 54.9 Å². The second kappa shape index (κ2) is 6.71. The smallest absolute Gasteiger partial charge is 0.292 e. The molecule has 1 fully saturated rings. The van der Waals surface area contributed by atoms with Gasteiger partial charge in [-0.3, -0.25) is 4.89 Å². The summed E-state index contributed by atoms with van der Waals surface area (Å²) in [7, 11) is 0. The van der Waals surface area contributed by atoms with Gasteiger partial charge in [0.25, 0.3) is 0 Å². The van der Waals surface area contributed by atoms with Gasteiger partial charge in [0.15, 0.2) is 6.10 Å². The van der Waals surface area contributed by atoms with Gasteiger partial charge < -0.3 is 0 Å². The van der Waals surface area contributed by atoms with Gasteiger partial charge in [-0.15, -0.1) is 0 Å². The molecular weight excluding hydrogens is 240 g/mol. The maximum atomic E-state index is 11.9. The second-order valence-corrected chi connectivity index (χ2v) is 5.14. The molecule has 0 N–H and O–H groups in total. The maximum Gasteiger partial charge on any atom is 0.373 e. The van der Waals surface area contributed by atoms with E-state index in [-0.39, 0.29) is 0 Å². The van der Waals surface area contributed by atoms with Crippen molar-refractivity contribution in [3.63, 3.8) is 0 Å². The Morgan fingerprint density at radius 3 is 2.95 bits per heavy atom. The van der Waals surface area contributed by atoms with E-state index in [1.54, 1.807) is 12.1 Å². The van der Waals surface area contributed by atoms with Crippen molar-refractivity contribution in [2.45, 2.75) is 46.0 Å². The summed E-state index contributed by atoms with van der Waals surface area (Å²) in [5.74, 6) is 0.00989. The monoisotopic (exact) mass is 261 g/mol. The molecule has 0 aromatic heterocycles. The van der Waals surface area contributed by atoms with Crippen molar-refractivity contribution in [2.24, 2.45) is 5.92 Å². The van der Waals surface area contributed by atoms with Crippen LogP contribution in [0.25, 0.3) is 0 Å². The lowest BCUT2D eigenvalue weighted by atomic mass is 9.85. The van der Waals surface area contributed by atoms with Crippen LogP contribution in [0.2, 0.25) is 0 Å². The lowest BCUT2D eigenvalue weighted by molar-refractivity contribution is -0.247. The molecule has 1 unspecified atom stereocenters. The molecule has 2 rings (SSSR count). The number of benzene rings is 1. The first-order chi connectivity index (χ1) is 9.20. The zero-order valence-electron chi connectivity index (χ0n) is 11.6. The van der Waals surface area contributed by atoms with E-state index < -0.39 is 5.97 Å². The fourth-order valence-corrected chi connectivity index (χ4v) is 2.51. The molecule has 0 heterocycles. The topological polar surface area (TPSA) is 35.5 Å². The van der Waals surface area contributed by atoms with Crippen molar-refractivity contribution in [1.29, 1.82) is 0 Å². The molecule has 1 saturated carbocycles. The summed E-state index contributed by atoms with van der Waals surface area (Å²) in [5.41, 5.74) is 1.57. The van der Waals surface area contributed by atoms with E-state index in [1.807, 2.05) is 19.1 Å². The van der Waals surface area contributed by atoms with Crippen LogP contribution in [0, 0.1) is 18.9 Å². The lowest BCUT2D eigenvalue weighted by Gasteiger charge is -2.27. The summed E-state index contributed by atoms with van der Waals surface area (Å²) in [4.78, 5) is 22.2. The molecule has 1 radical (unpaired) electrons. The molecule has 0 bridgehead atoms. The molecule has 103 valence electrons. The van der Waals surface area contributed by atoms with Gasteiger partial charge >= 0.3 is 5.97 Å². The van der Waals surface area contributed by atoms with E-state index in [0.717, 1.165) is 37.4 Å². The zero-order valence-corrected chi connectivity index (χ0v) is 11.6. The van der Waals surface area contributed by atoms with Crippen LogP contribution >= 0.6 is 0 Å². The van der Waals surface area contributed by atoms with Crippen LogP contribution in [-0.4, -0.2) is 5.97 Å². The SMILES string of the molecule is CCC1CCCC[C]1OOC(=O)c1cccc(C)c1. The van der Waals surface area contributed by atoms with E-state index in [2.05, 4.69) is 6.92 Å². The summed E-state index contributed by atoms with van der Waals surface area (Å²) >= 11 is 0. The Balaban J connectivity index is 1.89. The van der Waals surface area contributed by atoms with Gasteiger partial charge in [0.05, 0.1) is 5.56 Å². The minimum Gasteiger partial charge on any atom is -0.292 e. The van der Waals surface area contributed by atoms with Crippen LogP contribution < -0.4 is 0 Å². The fourth-order valence-electron chi connectivity index (χ4n) is 2.51. The molecule has 0 spiro atoms.